The van der Waals surface area contributed by atoms with E-state index in [1.54, 1.807) is 0 Å². The Morgan fingerprint density at radius 1 is 0.435 bits per heavy atom. The highest BCUT2D eigenvalue weighted by Gasteiger charge is 2.12. The lowest BCUT2D eigenvalue weighted by Crippen LogP contribution is -2.04. The lowest BCUT2D eigenvalue weighted by atomic mass is 9.92. The molecule has 0 amide bonds. The molecule has 8 aromatic carbocycles. The van der Waals surface area contributed by atoms with E-state index in [1.165, 1.54) is 37.9 Å². The first-order valence-electron chi connectivity index (χ1n) is 15.7. The number of carbonyl (C=O) groups is 1. The monoisotopic (exact) mass is 591 g/mol. The molecule has 0 heterocycles. The summed E-state index contributed by atoms with van der Waals surface area (Å²) in [5.74, 6) is 0.168. The van der Waals surface area contributed by atoms with E-state index in [0.717, 1.165) is 28.0 Å². The average Bonchev–Trinajstić information content (AvgIpc) is 3.13. The minimum absolute atomic E-state index is 0.168. The van der Waals surface area contributed by atoms with E-state index in [1.807, 2.05) is 72.8 Å². The maximum atomic E-state index is 11.8. The molecule has 0 aliphatic rings. The van der Waals surface area contributed by atoms with Crippen molar-refractivity contribution in [3.8, 4) is 0 Å². The molecule has 0 unspecified atom stereocenters. The largest absolute Gasteiger partial charge is 0.294 e. The fourth-order valence-corrected chi connectivity index (χ4v) is 6.15. The van der Waals surface area contributed by atoms with Crippen LogP contribution in [0.3, 0.4) is 0 Å². The third-order valence-electron chi connectivity index (χ3n) is 8.42. The minimum Gasteiger partial charge on any atom is -0.294 e. The molecule has 0 saturated heterocycles. The van der Waals surface area contributed by atoms with Crippen molar-refractivity contribution in [3.05, 3.63) is 204 Å². The Morgan fingerprint density at radius 3 is 1.50 bits per heavy atom. The molecule has 0 N–H and O–H groups in total. The number of hydrogen-bond acceptors (Lipinski definition) is 2. The van der Waals surface area contributed by atoms with E-state index in [4.69, 9.17) is 4.99 Å². The van der Waals surface area contributed by atoms with Gasteiger partial charge in [0.05, 0.1) is 12.3 Å². The van der Waals surface area contributed by atoms with Gasteiger partial charge in [-0.15, -0.1) is 0 Å². The Kier molecular flexibility index (Phi) is 8.43. The zero-order chi connectivity index (χ0) is 31.1. The summed E-state index contributed by atoms with van der Waals surface area (Å²) >= 11 is 0. The molecule has 0 atom stereocenters. The normalized spacial score (nSPS) is 10.9. The summed E-state index contributed by atoms with van der Waals surface area (Å²) in [7, 11) is 0. The van der Waals surface area contributed by atoms with Gasteiger partial charge in [0, 0.05) is 23.1 Å². The zero-order valence-corrected chi connectivity index (χ0v) is 25.5. The van der Waals surface area contributed by atoms with Gasteiger partial charge in [0.15, 0.2) is 5.78 Å². The van der Waals surface area contributed by atoms with Gasteiger partial charge < -0.3 is 0 Å². The second-order valence-corrected chi connectivity index (χ2v) is 11.4. The number of ketones is 1. The molecular weight excluding hydrogens is 558 g/mol. The molecule has 0 aromatic heterocycles. The van der Waals surface area contributed by atoms with Gasteiger partial charge in [0.1, 0.15) is 0 Å². The van der Waals surface area contributed by atoms with E-state index in [0.29, 0.717) is 13.0 Å². The predicted molar refractivity (Wildman–Crippen MR) is 193 cm³/mol. The quantitative estimate of drug-likeness (QED) is 0.103. The van der Waals surface area contributed by atoms with Gasteiger partial charge in [-0.3, -0.25) is 9.79 Å². The fraction of sp³-hybridized carbons (Fsp3) is 0.0455. The summed E-state index contributed by atoms with van der Waals surface area (Å²) in [4.78, 5) is 16.9. The number of hydrogen-bond donors (Lipinski definition) is 0. The van der Waals surface area contributed by atoms with Crippen LogP contribution in [0.15, 0.2) is 181 Å². The first-order valence-corrected chi connectivity index (χ1v) is 15.7. The topological polar surface area (TPSA) is 29.4 Å². The molecule has 0 radical (unpaired) electrons. The number of nitrogens with zero attached hydrogens (tertiary/aromatic N) is 1. The van der Waals surface area contributed by atoms with Crippen molar-refractivity contribution in [1.29, 1.82) is 0 Å². The van der Waals surface area contributed by atoms with Crippen molar-refractivity contribution < 1.29 is 4.79 Å². The Bertz CT molecular complexity index is 2180. The summed E-state index contributed by atoms with van der Waals surface area (Å²) in [6.07, 6.45) is 0.477. The fourth-order valence-electron chi connectivity index (χ4n) is 6.15. The minimum atomic E-state index is 0.168. The van der Waals surface area contributed by atoms with Crippen molar-refractivity contribution >= 4 is 43.8 Å². The Morgan fingerprint density at radius 2 is 0.913 bits per heavy atom. The van der Waals surface area contributed by atoms with E-state index < -0.39 is 0 Å². The number of benzene rings is 8. The van der Waals surface area contributed by atoms with Gasteiger partial charge in [0.2, 0.25) is 0 Å². The third kappa shape index (κ3) is 6.20. The molecule has 46 heavy (non-hydrogen) atoms. The zero-order valence-electron chi connectivity index (χ0n) is 25.5. The highest BCUT2D eigenvalue weighted by atomic mass is 16.1. The van der Waals surface area contributed by atoms with E-state index in [2.05, 4.69) is 103 Å². The number of aliphatic imine (C=N–C) groups is 1. The van der Waals surface area contributed by atoms with Gasteiger partial charge >= 0.3 is 0 Å². The van der Waals surface area contributed by atoms with Crippen molar-refractivity contribution in [2.24, 2.45) is 4.99 Å². The number of rotatable bonds is 7. The van der Waals surface area contributed by atoms with Crippen LogP contribution in [0.25, 0.3) is 32.3 Å². The molecule has 0 bridgehead atoms. The van der Waals surface area contributed by atoms with E-state index >= 15 is 0 Å². The molecule has 0 aliphatic carbocycles. The Labute approximate surface area is 269 Å². The molecule has 220 valence electrons. The maximum Gasteiger partial charge on any atom is 0.167 e. The van der Waals surface area contributed by atoms with Crippen LogP contribution in [-0.4, -0.2) is 11.5 Å². The lowest BCUT2D eigenvalue weighted by molar-refractivity contribution is 0.0993. The molecule has 8 aromatic rings. The summed E-state index contributed by atoms with van der Waals surface area (Å²) < 4.78 is 0. The second kappa shape index (κ2) is 13.4. The average molecular weight is 592 g/mol. The van der Waals surface area contributed by atoms with Crippen LogP contribution in [0.4, 0.5) is 0 Å². The van der Waals surface area contributed by atoms with Gasteiger partial charge in [-0.25, -0.2) is 0 Å². The standard InChI is InChI=1S/C30H21N.C14H12O/c1-3-8-24(9-4-1)30(25-10-5-2-6-11-25)31-20-26-17-16-23-15-14-21-12-7-13-22-18-19-27(26)29(23)28(21)22;15-14(13-9-5-2-6-10-13)11-12-7-3-1-4-8-12/h1-19H,20H2;1-10H,11H2. The highest BCUT2D eigenvalue weighted by Crippen LogP contribution is 2.36. The molecule has 0 aliphatic heterocycles. The third-order valence-corrected chi connectivity index (χ3v) is 8.42. The Hall–Kier alpha value is -5.86. The number of Topliss-reactive ketones (excluding diaryl/α,β-unsaturated/α-hetero) is 1. The van der Waals surface area contributed by atoms with Crippen molar-refractivity contribution in [2.45, 2.75) is 13.0 Å². The first-order chi connectivity index (χ1) is 22.7. The SMILES string of the molecule is O=C(Cc1ccccc1)c1ccccc1.c1ccc(C(=NCc2ccc3ccc4cccc5ccc2c3c45)c2ccccc2)cc1. The molecule has 0 spiro atoms. The van der Waals surface area contributed by atoms with E-state index in [9.17, 15) is 4.79 Å². The summed E-state index contributed by atoms with van der Waals surface area (Å²) in [6, 6.07) is 60.1. The second-order valence-electron chi connectivity index (χ2n) is 11.4. The van der Waals surface area contributed by atoms with Gasteiger partial charge in [-0.1, -0.05) is 176 Å². The molecule has 2 heteroatoms. The Balaban J connectivity index is 0.000000190. The smallest absolute Gasteiger partial charge is 0.167 e. The predicted octanol–water partition coefficient (Wildman–Crippen LogP) is 10.7. The van der Waals surface area contributed by atoms with Crippen molar-refractivity contribution in [1.82, 2.24) is 0 Å². The lowest BCUT2D eigenvalue weighted by Gasteiger charge is -2.14. The van der Waals surface area contributed by atoms with Gasteiger partial charge in [-0.2, -0.15) is 0 Å². The van der Waals surface area contributed by atoms with E-state index in [-0.39, 0.29) is 5.78 Å². The molecule has 0 saturated carbocycles. The maximum absolute atomic E-state index is 11.8. The van der Waals surface area contributed by atoms with Crippen LogP contribution in [0, 0.1) is 0 Å². The van der Waals surface area contributed by atoms with Gasteiger partial charge in [0.25, 0.3) is 0 Å². The molecule has 8 rings (SSSR count). The van der Waals surface area contributed by atoms with Crippen LogP contribution < -0.4 is 0 Å². The molecule has 0 fully saturated rings. The van der Waals surface area contributed by atoms with Crippen LogP contribution in [0.1, 0.15) is 32.6 Å². The molecule has 2 nitrogen and oxygen atoms in total. The molecular formula is C44H33NO. The van der Waals surface area contributed by atoms with Crippen molar-refractivity contribution in [2.75, 3.05) is 0 Å². The van der Waals surface area contributed by atoms with Crippen LogP contribution in [0.5, 0.6) is 0 Å². The number of carbonyl (C=O) groups excluding carboxylic acids is 1. The van der Waals surface area contributed by atoms with Crippen LogP contribution in [-0.2, 0) is 13.0 Å². The summed E-state index contributed by atoms with van der Waals surface area (Å²) in [5, 5.41) is 7.89. The van der Waals surface area contributed by atoms with Crippen LogP contribution in [0.2, 0.25) is 0 Å². The first kappa shape index (κ1) is 28.9. The highest BCUT2D eigenvalue weighted by molar-refractivity contribution is 6.23. The summed E-state index contributed by atoms with van der Waals surface area (Å²) in [5.41, 5.74) is 6.42. The van der Waals surface area contributed by atoms with Crippen LogP contribution >= 0.6 is 0 Å². The van der Waals surface area contributed by atoms with Crippen molar-refractivity contribution in [3.63, 3.8) is 0 Å². The van der Waals surface area contributed by atoms with Gasteiger partial charge in [-0.05, 0) is 43.4 Å². The summed E-state index contributed by atoms with van der Waals surface area (Å²) in [6.45, 7) is 0.646.